The molecule has 1 aromatic heterocycles. The summed E-state index contributed by atoms with van der Waals surface area (Å²) in [6.45, 7) is 3.68. The zero-order chi connectivity index (χ0) is 12.1. The van der Waals surface area contributed by atoms with Crippen molar-refractivity contribution in [1.82, 2.24) is 10.3 Å². The van der Waals surface area contributed by atoms with Crippen LogP contribution < -0.4 is 5.32 Å². The first-order valence-corrected chi connectivity index (χ1v) is 6.26. The molecule has 0 radical (unpaired) electrons. The summed E-state index contributed by atoms with van der Waals surface area (Å²) in [7, 11) is 0. The van der Waals surface area contributed by atoms with E-state index in [1.807, 2.05) is 6.92 Å². The molecule has 0 spiro atoms. The van der Waals surface area contributed by atoms with Gasteiger partial charge in [-0.1, -0.05) is 6.92 Å². The average molecular weight is 238 g/mol. The van der Waals surface area contributed by atoms with Crippen LogP contribution in [0.25, 0.3) is 0 Å². The van der Waals surface area contributed by atoms with Crippen LogP contribution >= 0.6 is 0 Å². The maximum atomic E-state index is 13.2. The molecule has 0 aromatic carbocycles. The molecular formula is C13H19FN2O. The Labute approximate surface area is 101 Å². The Bertz CT molecular complexity index is 353. The molecular weight excluding hydrogens is 219 g/mol. The number of ether oxygens (including phenoxy) is 1. The van der Waals surface area contributed by atoms with Gasteiger partial charge in [0.1, 0.15) is 5.82 Å². The molecule has 17 heavy (non-hydrogen) atoms. The SMILES string of the molecule is CCNC(c1cncc(F)c1)C1CCCCO1. The summed E-state index contributed by atoms with van der Waals surface area (Å²) < 4.78 is 19.0. The topological polar surface area (TPSA) is 34.2 Å². The molecule has 2 atom stereocenters. The number of aromatic nitrogens is 1. The number of rotatable bonds is 4. The van der Waals surface area contributed by atoms with E-state index in [-0.39, 0.29) is 18.0 Å². The Morgan fingerprint density at radius 2 is 2.41 bits per heavy atom. The fourth-order valence-electron chi connectivity index (χ4n) is 2.31. The van der Waals surface area contributed by atoms with Crippen molar-refractivity contribution in [3.63, 3.8) is 0 Å². The Morgan fingerprint density at radius 1 is 1.53 bits per heavy atom. The summed E-state index contributed by atoms with van der Waals surface area (Å²) >= 11 is 0. The van der Waals surface area contributed by atoms with Crippen molar-refractivity contribution < 1.29 is 9.13 Å². The molecule has 0 bridgehead atoms. The summed E-state index contributed by atoms with van der Waals surface area (Å²) in [5, 5.41) is 3.36. The van der Waals surface area contributed by atoms with Crippen LogP contribution in [-0.2, 0) is 4.74 Å². The molecule has 1 fully saturated rings. The van der Waals surface area contributed by atoms with Gasteiger partial charge in [0, 0.05) is 12.8 Å². The standard InChI is InChI=1S/C13H19FN2O/c1-2-16-13(12-5-3-4-6-17-12)10-7-11(14)9-15-8-10/h7-9,12-13,16H,2-6H2,1H3. The third-order valence-corrected chi connectivity index (χ3v) is 3.10. The van der Waals surface area contributed by atoms with Crippen LogP contribution in [0, 0.1) is 5.82 Å². The van der Waals surface area contributed by atoms with Crippen LogP contribution in [0.4, 0.5) is 4.39 Å². The first-order valence-electron chi connectivity index (χ1n) is 6.26. The van der Waals surface area contributed by atoms with E-state index < -0.39 is 0 Å². The lowest BCUT2D eigenvalue weighted by molar-refractivity contribution is -0.00798. The normalized spacial score (nSPS) is 22.4. The molecule has 0 saturated carbocycles. The second-order valence-electron chi connectivity index (χ2n) is 4.38. The third-order valence-electron chi connectivity index (χ3n) is 3.10. The number of likely N-dealkylation sites (N-methyl/N-ethyl adjacent to an activating group) is 1. The van der Waals surface area contributed by atoms with Crippen molar-refractivity contribution in [3.05, 3.63) is 29.8 Å². The Hall–Kier alpha value is -1.00. The Kier molecular flexibility index (Phi) is 4.45. The second-order valence-corrected chi connectivity index (χ2v) is 4.38. The van der Waals surface area contributed by atoms with Crippen LogP contribution in [0.5, 0.6) is 0 Å². The number of hydrogen-bond donors (Lipinski definition) is 1. The predicted octanol–water partition coefficient (Wildman–Crippen LogP) is 2.44. The second kappa shape index (κ2) is 6.07. The molecule has 1 aliphatic heterocycles. The van der Waals surface area contributed by atoms with Crippen LogP contribution in [0.2, 0.25) is 0 Å². The fraction of sp³-hybridized carbons (Fsp3) is 0.615. The zero-order valence-corrected chi connectivity index (χ0v) is 10.2. The molecule has 1 N–H and O–H groups in total. The van der Waals surface area contributed by atoms with Gasteiger partial charge in [-0.15, -0.1) is 0 Å². The van der Waals surface area contributed by atoms with Gasteiger partial charge in [-0.3, -0.25) is 4.98 Å². The van der Waals surface area contributed by atoms with Gasteiger partial charge in [0.2, 0.25) is 0 Å². The van der Waals surface area contributed by atoms with Crippen molar-refractivity contribution in [2.75, 3.05) is 13.2 Å². The van der Waals surface area contributed by atoms with E-state index in [2.05, 4.69) is 10.3 Å². The lowest BCUT2D eigenvalue weighted by Crippen LogP contribution is -2.36. The number of pyridine rings is 1. The third kappa shape index (κ3) is 3.23. The summed E-state index contributed by atoms with van der Waals surface area (Å²) in [4.78, 5) is 3.91. The van der Waals surface area contributed by atoms with Crippen LogP contribution in [0.15, 0.2) is 18.5 Å². The number of nitrogens with one attached hydrogen (secondary N) is 1. The monoisotopic (exact) mass is 238 g/mol. The molecule has 0 aliphatic carbocycles. The number of nitrogens with zero attached hydrogens (tertiary/aromatic N) is 1. The molecule has 1 aliphatic rings. The van der Waals surface area contributed by atoms with E-state index in [4.69, 9.17) is 4.74 Å². The minimum atomic E-state index is -0.291. The van der Waals surface area contributed by atoms with Gasteiger partial charge in [-0.2, -0.15) is 0 Å². The summed E-state index contributed by atoms with van der Waals surface area (Å²) in [6, 6.07) is 1.58. The maximum absolute atomic E-state index is 13.2. The fourth-order valence-corrected chi connectivity index (χ4v) is 2.31. The molecule has 1 saturated heterocycles. The van der Waals surface area contributed by atoms with Crippen molar-refractivity contribution in [1.29, 1.82) is 0 Å². The Morgan fingerprint density at radius 3 is 3.06 bits per heavy atom. The van der Waals surface area contributed by atoms with Crippen molar-refractivity contribution >= 4 is 0 Å². The molecule has 0 amide bonds. The highest BCUT2D eigenvalue weighted by atomic mass is 19.1. The van der Waals surface area contributed by atoms with Gasteiger partial charge in [-0.25, -0.2) is 4.39 Å². The molecule has 2 rings (SSSR count). The summed E-state index contributed by atoms with van der Waals surface area (Å²) in [5.41, 5.74) is 0.874. The smallest absolute Gasteiger partial charge is 0.141 e. The molecule has 1 aromatic rings. The predicted molar refractivity (Wildman–Crippen MR) is 64.2 cm³/mol. The molecule has 2 unspecified atom stereocenters. The molecule has 3 nitrogen and oxygen atoms in total. The number of hydrogen-bond acceptors (Lipinski definition) is 3. The average Bonchev–Trinajstić information content (AvgIpc) is 2.37. The van der Waals surface area contributed by atoms with Crippen LogP contribution in [0.1, 0.15) is 37.8 Å². The highest BCUT2D eigenvalue weighted by Gasteiger charge is 2.25. The van der Waals surface area contributed by atoms with Gasteiger partial charge in [0.25, 0.3) is 0 Å². The van der Waals surface area contributed by atoms with Crippen molar-refractivity contribution in [2.45, 2.75) is 38.3 Å². The first kappa shape index (κ1) is 12.5. The van der Waals surface area contributed by atoms with E-state index in [1.165, 1.54) is 18.7 Å². The quantitative estimate of drug-likeness (QED) is 0.874. The first-order chi connectivity index (χ1) is 8.31. The molecule has 4 heteroatoms. The van der Waals surface area contributed by atoms with Crippen molar-refractivity contribution in [3.8, 4) is 0 Å². The van der Waals surface area contributed by atoms with Crippen LogP contribution in [0.3, 0.4) is 0 Å². The minimum Gasteiger partial charge on any atom is -0.376 e. The van der Waals surface area contributed by atoms with E-state index in [9.17, 15) is 4.39 Å². The summed E-state index contributed by atoms with van der Waals surface area (Å²) in [5.74, 6) is -0.291. The highest BCUT2D eigenvalue weighted by Crippen LogP contribution is 2.26. The largest absolute Gasteiger partial charge is 0.376 e. The Balaban J connectivity index is 2.15. The van der Waals surface area contributed by atoms with Gasteiger partial charge in [0.15, 0.2) is 0 Å². The summed E-state index contributed by atoms with van der Waals surface area (Å²) in [6.07, 6.45) is 6.40. The lowest BCUT2D eigenvalue weighted by Gasteiger charge is -2.31. The number of halogens is 1. The zero-order valence-electron chi connectivity index (χ0n) is 10.2. The van der Waals surface area contributed by atoms with Gasteiger partial charge in [-0.05, 0) is 37.4 Å². The minimum absolute atomic E-state index is 0.0449. The van der Waals surface area contributed by atoms with E-state index in [1.54, 1.807) is 6.20 Å². The van der Waals surface area contributed by atoms with Gasteiger partial charge in [0.05, 0.1) is 18.3 Å². The van der Waals surface area contributed by atoms with Crippen LogP contribution in [-0.4, -0.2) is 24.2 Å². The molecule has 2 heterocycles. The maximum Gasteiger partial charge on any atom is 0.141 e. The highest BCUT2D eigenvalue weighted by molar-refractivity contribution is 5.17. The van der Waals surface area contributed by atoms with Gasteiger partial charge >= 0.3 is 0 Å². The van der Waals surface area contributed by atoms with E-state index in [0.717, 1.165) is 31.6 Å². The lowest BCUT2D eigenvalue weighted by atomic mass is 9.97. The van der Waals surface area contributed by atoms with Crippen molar-refractivity contribution in [2.24, 2.45) is 0 Å². The van der Waals surface area contributed by atoms with E-state index >= 15 is 0 Å². The molecule has 94 valence electrons. The van der Waals surface area contributed by atoms with E-state index in [0.29, 0.717) is 0 Å². The van der Waals surface area contributed by atoms with Gasteiger partial charge < -0.3 is 10.1 Å².